The summed E-state index contributed by atoms with van der Waals surface area (Å²) in [6.07, 6.45) is 2.33. The van der Waals surface area contributed by atoms with Crippen LogP contribution in [0.25, 0.3) is 11.3 Å². The first-order valence-electron chi connectivity index (χ1n) is 9.59. The van der Waals surface area contributed by atoms with Gasteiger partial charge in [0.15, 0.2) is 0 Å². The maximum Gasteiger partial charge on any atom is 0.413 e. The topological polar surface area (TPSA) is 115 Å². The summed E-state index contributed by atoms with van der Waals surface area (Å²) in [6.45, 7) is 5.28. The second-order valence-corrected chi connectivity index (χ2v) is 7.67. The fourth-order valence-electron chi connectivity index (χ4n) is 2.72. The number of carbonyl (C=O) groups excluding carboxylic acids is 2. The van der Waals surface area contributed by atoms with E-state index in [0.717, 1.165) is 0 Å². The second kappa shape index (κ2) is 9.38. The number of hydrogen-bond acceptors (Lipinski definition) is 8. The number of nitrogens with zero attached hydrogens (tertiary/aromatic N) is 3. The number of nitrogens with one attached hydrogen (secondary N) is 2. The number of benzene rings is 1. The molecule has 1 amide bonds. The quantitative estimate of drug-likeness (QED) is 0.556. The molecule has 0 saturated carbocycles. The molecule has 0 aliphatic carbocycles. The van der Waals surface area contributed by atoms with Crippen LogP contribution in [0.5, 0.6) is 0 Å². The van der Waals surface area contributed by atoms with Crippen molar-refractivity contribution in [1.29, 1.82) is 0 Å². The molecule has 0 saturated heterocycles. The zero-order chi connectivity index (χ0) is 23.3. The van der Waals surface area contributed by atoms with Crippen molar-refractivity contribution in [2.45, 2.75) is 26.4 Å². The summed E-state index contributed by atoms with van der Waals surface area (Å²) in [6, 6.07) is 9.21. The van der Waals surface area contributed by atoms with Gasteiger partial charge in [0.2, 0.25) is 0 Å². The van der Waals surface area contributed by atoms with E-state index in [1.54, 1.807) is 39.0 Å². The molecule has 0 atom stereocenters. The molecule has 0 unspecified atom stereocenters. The van der Waals surface area contributed by atoms with E-state index in [0.29, 0.717) is 11.4 Å². The van der Waals surface area contributed by atoms with Crippen LogP contribution in [0.3, 0.4) is 0 Å². The number of aromatic nitrogens is 3. The van der Waals surface area contributed by atoms with Crippen LogP contribution in [0.15, 0.2) is 48.8 Å². The molecule has 0 fully saturated rings. The fourth-order valence-corrected chi connectivity index (χ4v) is 2.72. The Balaban J connectivity index is 1.80. The van der Waals surface area contributed by atoms with Crippen molar-refractivity contribution in [1.82, 2.24) is 15.2 Å². The lowest BCUT2D eigenvalue weighted by atomic mass is 10.1. The van der Waals surface area contributed by atoms with Crippen LogP contribution < -0.4 is 10.6 Å². The van der Waals surface area contributed by atoms with Crippen LogP contribution in [-0.4, -0.2) is 40.0 Å². The van der Waals surface area contributed by atoms with E-state index in [4.69, 9.17) is 4.74 Å². The molecule has 0 spiro atoms. The molecular weight excluding hydrogens is 417 g/mol. The molecule has 166 valence electrons. The third-order valence-corrected chi connectivity index (χ3v) is 4.01. The zero-order valence-corrected chi connectivity index (χ0v) is 18.0. The number of carbonyl (C=O) groups is 2. The average molecular weight is 439 g/mol. The summed E-state index contributed by atoms with van der Waals surface area (Å²) in [7, 11) is 1.18. The molecule has 2 heterocycles. The predicted molar refractivity (Wildman–Crippen MR) is 116 cm³/mol. The van der Waals surface area contributed by atoms with Gasteiger partial charge >= 0.3 is 12.1 Å². The molecule has 0 aliphatic rings. The normalized spacial score (nSPS) is 10.9. The molecule has 2 N–H and O–H groups in total. The maximum absolute atomic E-state index is 14.8. The third kappa shape index (κ3) is 5.75. The van der Waals surface area contributed by atoms with E-state index in [-0.39, 0.29) is 22.6 Å². The Hall–Kier alpha value is -4.08. The SMILES string of the molecule is COC(=O)c1cccc(-c2cc(Nc3ccnc(NC(=O)OC(C)(C)C)c3)cnn2)c1F. The highest BCUT2D eigenvalue weighted by atomic mass is 19.1. The van der Waals surface area contributed by atoms with Gasteiger partial charge < -0.3 is 14.8 Å². The molecule has 3 rings (SSSR count). The van der Waals surface area contributed by atoms with Crippen LogP contribution in [-0.2, 0) is 9.47 Å². The van der Waals surface area contributed by atoms with Crippen molar-refractivity contribution in [3.63, 3.8) is 0 Å². The van der Waals surface area contributed by atoms with Crippen LogP contribution in [0.2, 0.25) is 0 Å². The van der Waals surface area contributed by atoms with Crippen molar-refractivity contribution in [2.24, 2.45) is 0 Å². The Morgan fingerprint density at radius 3 is 2.59 bits per heavy atom. The van der Waals surface area contributed by atoms with E-state index in [1.807, 2.05) is 0 Å². The second-order valence-electron chi connectivity index (χ2n) is 7.67. The molecule has 0 aliphatic heterocycles. The Morgan fingerprint density at radius 2 is 1.88 bits per heavy atom. The summed E-state index contributed by atoms with van der Waals surface area (Å²) in [5.41, 5.74) is 0.586. The van der Waals surface area contributed by atoms with Crippen LogP contribution >= 0.6 is 0 Å². The molecule has 1 aromatic carbocycles. The zero-order valence-electron chi connectivity index (χ0n) is 18.0. The smallest absolute Gasteiger partial charge is 0.413 e. The molecule has 2 aromatic heterocycles. The van der Waals surface area contributed by atoms with Crippen molar-refractivity contribution in [3.05, 3.63) is 60.2 Å². The van der Waals surface area contributed by atoms with E-state index < -0.39 is 23.5 Å². The van der Waals surface area contributed by atoms with E-state index in [1.165, 1.54) is 37.7 Å². The average Bonchev–Trinajstić information content (AvgIpc) is 2.72. The van der Waals surface area contributed by atoms with Gasteiger partial charge in [0.25, 0.3) is 0 Å². The fraction of sp³-hybridized carbons (Fsp3) is 0.227. The number of anilines is 3. The molecule has 3 aromatic rings. The summed E-state index contributed by atoms with van der Waals surface area (Å²) in [5.74, 6) is -1.25. The minimum atomic E-state index is -0.784. The van der Waals surface area contributed by atoms with Gasteiger partial charge in [-0.1, -0.05) is 6.07 Å². The first kappa shape index (κ1) is 22.6. The van der Waals surface area contributed by atoms with E-state index in [9.17, 15) is 14.0 Å². The first-order valence-corrected chi connectivity index (χ1v) is 9.59. The molecule has 32 heavy (non-hydrogen) atoms. The number of pyridine rings is 1. The molecular formula is C22H22FN5O4. The Morgan fingerprint density at radius 1 is 1.09 bits per heavy atom. The van der Waals surface area contributed by atoms with Gasteiger partial charge in [0.1, 0.15) is 17.2 Å². The lowest BCUT2D eigenvalue weighted by Gasteiger charge is -2.19. The van der Waals surface area contributed by atoms with Gasteiger partial charge in [-0.3, -0.25) is 5.32 Å². The lowest BCUT2D eigenvalue weighted by Crippen LogP contribution is -2.27. The van der Waals surface area contributed by atoms with E-state index in [2.05, 4.69) is 30.6 Å². The van der Waals surface area contributed by atoms with Gasteiger partial charge in [-0.05, 0) is 45.0 Å². The predicted octanol–water partition coefficient (Wildman–Crippen LogP) is 4.55. The van der Waals surface area contributed by atoms with Gasteiger partial charge in [0, 0.05) is 23.5 Å². The minimum Gasteiger partial charge on any atom is -0.465 e. The van der Waals surface area contributed by atoms with Gasteiger partial charge in [0.05, 0.1) is 30.3 Å². The summed E-state index contributed by atoms with van der Waals surface area (Å²) in [4.78, 5) is 27.8. The van der Waals surface area contributed by atoms with Crippen molar-refractivity contribution < 1.29 is 23.5 Å². The van der Waals surface area contributed by atoms with Crippen LogP contribution in [0, 0.1) is 5.82 Å². The largest absolute Gasteiger partial charge is 0.465 e. The van der Waals surface area contributed by atoms with Gasteiger partial charge in [-0.25, -0.2) is 19.0 Å². The maximum atomic E-state index is 14.8. The van der Waals surface area contributed by atoms with Gasteiger partial charge in [-0.15, -0.1) is 0 Å². The number of ether oxygens (including phenoxy) is 2. The Labute approximate surface area is 184 Å². The highest BCUT2D eigenvalue weighted by Gasteiger charge is 2.18. The Bertz CT molecular complexity index is 1150. The highest BCUT2D eigenvalue weighted by molar-refractivity contribution is 5.91. The van der Waals surface area contributed by atoms with Crippen molar-refractivity contribution in [3.8, 4) is 11.3 Å². The number of amides is 1. The molecule has 9 nitrogen and oxygen atoms in total. The minimum absolute atomic E-state index is 0.103. The first-order chi connectivity index (χ1) is 15.2. The van der Waals surface area contributed by atoms with Crippen molar-refractivity contribution >= 4 is 29.3 Å². The summed E-state index contributed by atoms with van der Waals surface area (Å²) >= 11 is 0. The summed E-state index contributed by atoms with van der Waals surface area (Å²) < 4.78 is 24.6. The number of methoxy groups -OCH3 is 1. The third-order valence-electron chi connectivity index (χ3n) is 4.01. The van der Waals surface area contributed by atoms with Crippen molar-refractivity contribution in [2.75, 3.05) is 17.7 Å². The van der Waals surface area contributed by atoms with E-state index >= 15 is 0 Å². The highest BCUT2D eigenvalue weighted by Crippen LogP contribution is 2.26. The molecule has 10 heteroatoms. The number of esters is 1. The molecule has 0 bridgehead atoms. The number of rotatable bonds is 5. The Kier molecular flexibility index (Phi) is 6.62. The van der Waals surface area contributed by atoms with Crippen LogP contribution in [0.4, 0.5) is 26.4 Å². The molecule has 0 radical (unpaired) electrons. The number of hydrogen-bond donors (Lipinski definition) is 2. The van der Waals surface area contributed by atoms with Gasteiger partial charge in [-0.2, -0.15) is 10.2 Å². The number of halogens is 1. The monoisotopic (exact) mass is 439 g/mol. The standard InChI is InChI=1S/C22H22FN5O4/c1-22(2,3)32-21(30)27-18-11-13(8-9-24-18)26-14-10-17(28-25-12-14)15-6-5-7-16(19(15)23)20(29)31-4/h5-12H,1-4H3,(H2,24,26,27,28,30). The lowest BCUT2D eigenvalue weighted by molar-refractivity contribution is 0.0593. The van der Waals surface area contributed by atoms with Crippen LogP contribution in [0.1, 0.15) is 31.1 Å². The summed E-state index contributed by atoms with van der Waals surface area (Å²) in [5, 5.41) is 13.5.